The van der Waals surface area contributed by atoms with Crippen molar-refractivity contribution >= 4 is 5.97 Å². The average Bonchev–Trinajstić information content (AvgIpc) is 1.93. The fraction of sp³-hybridized carbons (Fsp3) is 0.923. The van der Waals surface area contributed by atoms with E-state index >= 15 is 0 Å². The second-order valence-electron chi connectivity index (χ2n) is 6.47. The van der Waals surface area contributed by atoms with Crippen molar-refractivity contribution in [3.05, 3.63) is 0 Å². The van der Waals surface area contributed by atoms with Crippen LogP contribution in [0.1, 0.15) is 53.9 Å². The van der Waals surface area contributed by atoms with Gasteiger partial charge in [-0.05, 0) is 47.5 Å². The van der Waals surface area contributed by atoms with Gasteiger partial charge in [0, 0.05) is 11.1 Å². The van der Waals surface area contributed by atoms with E-state index in [0.717, 1.165) is 12.8 Å². The van der Waals surface area contributed by atoms with Crippen molar-refractivity contribution in [1.82, 2.24) is 5.32 Å². The first kappa shape index (κ1) is 14.5. The number of piperidine rings is 1. The van der Waals surface area contributed by atoms with E-state index < -0.39 is 5.97 Å². The van der Waals surface area contributed by atoms with Crippen molar-refractivity contribution in [1.29, 1.82) is 0 Å². The Balaban J connectivity index is 2.56. The summed E-state index contributed by atoms with van der Waals surface area (Å²) in [5, 5.41) is 12.3. The smallest absolute Gasteiger partial charge is 0.305 e. The largest absolute Gasteiger partial charge is 0.481 e. The number of hydrogen-bond donors (Lipinski definition) is 2. The summed E-state index contributed by atoms with van der Waals surface area (Å²) in [5.74, 6) is -0.801. The highest BCUT2D eigenvalue weighted by Crippen LogP contribution is 2.31. The van der Waals surface area contributed by atoms with Crippen molar-refractivity contribution in [2.75, 3.05) is 0 Å². The molecule has 1 unspecified atom stereocenters. The van der Waals surface area contributed by atoms with Crippen LogP contribution in [0.5, 0.6) is 0 Å². The summed E-state index contributed by atoms with van der Waals surface area (Å²) in [6, 6.07) is 0. The van der Waals surface area contributed by atoms with Gasteiger partial charge in [0.25, 0.3) is 0 Å². The fourth-order valence-corrected chi connectivity index (χ4v) is 2.95. The summed E-state index contributed by atoms with van der Waals surface area (Å²) in [6.45, 7) is 10.5. The Kier molecular flexibility index (Phi) is 4.20. The normalized spacial score (nSPS) is 25.5. The lowest BCUT2D eigenvalue weighted by Crippen LogP contribution is -2.59. The lowest BCUT2D eigenvalue weighted by Gasteiger charge is -2.46. The first-order valence-corrected chi connectivity index (χ1v) is 6.26. The summed E-state index contributed by atoms with van der Waals surface area (Å²) < 4.78 is 5.85. The molecule has 4 nitrogen and oxygen atoms in total. The number of carbonyl (C=O) groups is 1. The molecule has 100 valence electrons. The van der Waals surface area contributed by atoms with Gasteiger partial charge in [0.2, 0.25) is 0 Å². The molecule has 1 aliphatic rings. The maximum Gasteiger partial charge on any atom is 0.305 e. The Morgan fingerprint density at radius 3 is 2.24 bits per heavy atom. The molecule has 0 saturated carbocycles. The van der Waals surface area contributed by atoms with Crippen LogP contribution in [0.3, 0.4) is 0 Å². The molecule has 1 heterocycles. The van der Waals surface area contributed by atoms with Gasteiger partial charge in [-0.1, -0.05) is 0 Å². The van der Waals surface area contributed by atoms with Crippen LogP contribution in [-0.4, -0.2) is 34.4 Å². The second kappa shape index (κ2) is 4.94. The monoisotopic (exact) mass is 243 g/mol. The Morgan fingerprint density at radius 2 is 1.82 bits per heavy atom. The maximum atomic E-state index is 10.6. The number of hydrogen-bond acceptors (Lipinski definition) is 3. The first-order valence-electron chi connectivity index (χ1n) is 6.26. The van der Waals surface area contributed by atoms with Crippen LogP contribution >= 0.6 is 0 Å². The third-order valence-electron chi connectivity index (χ3n) is 3.04. The number of aliphatic carboxylic acids is 1. The van der Waals surface area contributed by atoms with Crippen LogP contribution < -0.4 is 5.32 Å². The maximum absolute atomic E-state index is 10.6. The lowest BCUT2D eigenvalue weighted by atomic mass is 9.81. The molecule has 0 aromatic carbocycles. The molecule has 0 bridgehead atoms. The van der Waals surface area contributed by atoms with Gasteiger partial charge < -0.3 is 15.2 Å². The molecule has 0 aliphatic carbocycles. The van der Waals surface area contributed by atoms with E-state index in [0.29, 0.717) is 0 Å². The summed E-state index contributed by atoms with van der Waals surface area (Å²) in [4.78, 5) is 10.6. The topological polar surface area (TPSA) is 58.6 Å². The van der Waals surface area contributed by atoms with E-state index in [4.69, 9.17) is 9.84 Å². The number of ether oxygens (including phenoxy) is 1. The number of rotatable bonds is 4. The van der Waals surface area contributed by atoms with Crippen molar-refractivity contribution in [2.24, 2.45) is 0 Å². The van der Waals surface area contributed by atoms with Gasteiger partial charge in [0.05, 0.1) is 18.6 Å². The van der Waals surface area contributed by atoms with Crippen molar-refractivity contribution in [3.63, 3.8) is 0 Å². The molecule has 0 aromatic rings. The van der Waals surface area contributed by atoms with E-state index in [-0.39, 0.29) is 29.7 Å². The SMILES string of the molecule is CC(CC(=O)O)OC1CC(C)(C)NC(C)(C)C1. The van der Waals surface area contributed by atoms with Gasteiger partial charge in [0.1, 0.15) is 0 Å². The first-order chi connectivity index (χ1) is 7.60. The molecule has 0 aromatic heterocycles. The van der Waals surface area contributed by atoms with Crippen LogP contribution in [0, 0.1) is 0 Å². The second-order valence-corrected chi connectivity index (χ2v) is 6.47. The van der Waals surface area contributed by atoms with Crippen molar-refractivity contribution in [3.8, 4) is 0 Å². The highest BCUT2D eigenvalue weighted by atomic mass is 16.5. The molecule has 1 aliphatic heterocycles. The van der Waals surface area contributed by atoms with E-state index in [1.54, 1.807) is 0 Å². The van der Waals surface area contributed by atoms with Crippen molar-refractivity contribution < 1.29 is 14.6 Å². The Labute approximate surface area is 104 Å². The summed E-state index contributed by atoms with van der Waals surface area (Å²) in [7, 11) is 0. The van der Waals surface area contributed by atoms with Crippen LogP contribution in [0.4, 0.5) is 0 Å². The van der Waals surface area contributed by atoms with Crippen LogP contribution in [0.15, 0.2) is 0 Å². The van der Waals surface area contributed by atoms with Gasteiger partial charge in [-0.25, -0.2) is 0 Å². The van der Waals surface area contributed by atoms with Crippen LogP contribution in [-0.2, 0) is 9.53 Å². The van der Waals surface area contributed by atoms with Gasteiger partial charge in [0.15, 0.2) is 0 Å². The van der Waals surface area contributed by atoms with E-state index in [1.807, 2.05) is 6.92 Å². The standard InChI is InChI=1S/C13H25NO3/c1-9(6-11(15)16)17-10-7-12(2,3)14-13(4,5)8-10/h9-10,14H,6-8H2,1-5H3,(H,15,16). The fourth-order valence-electron chi connectivity index (χ4n) is 2.95. The minimum absolute atomic E-state index is 0.0371. The molecule has 0 spiro atoms. The van der Waals surface area contributed by atoms with Gasteiger partial charge in [-0.3, -0.25) is 4.79 Å². The van der Waals surface area contributed by atoms with Crippen molar-refractivity contribution in [2.45, 2.75) is 77.2 Å². The molecular formula is C13H25NO3. The zero-order chi connectivity index (χ0) is 13.3. The molecule has 0 radical (unpaired) electrons. The molecule has 2 N–H and O–H groups in total. The summed E-state index contributed by atoms with van der Waals surface area (Å²) in [6.07, 6.45) is 1.82. The quantitative estimate of drug-likeness (QED) is 0.794. The molecule has 17 heavy (non-hydrogen) atoms. The average molecular weight is 243 g/mol. The lowest BCUT2D eigenvalue weighted by molar-refractivity contribution is -0.142. The summed E-state index contributed by atoms with van der Waals surface area (Å²) >= 11 is 0. The minimum atomic E-state index is -0.801. The van der Waals surface area contributed by atoms with Crippen LogP contribution in [0.2, 0.25) is 0 Å². The van der Waals surface area contributed by atoms with Gasteiger partial charge >= 0.3 is 5.97 Å². The third-order valence-corrected chi connectivity index (χ3v) is 3.04. The van der Waals surface area contributed by atoms with E-state index in [2.05, 4.69) is 33.0 Å². The Hall–Kier alpha value is -0.610. The molecule has 0 amide bonds. The minimum Gasteiger partial charge on any atom is -0.481 e. The molecule has 4 heteroatoms. The zero-order valence-electron chi connectivity index (χ0n) is 11.5. The Morgan fingerprint density at radius 1 is 1.35 bits per heavy atom. The molecule has 1 rings (SSSR count). The third kappa shape index (κ3) is 5.04. The summed E-state index contributed by atoms with van der Waals surface area (Å²) in [5.41, 5.74) is 0.0741. The number of carboxylic acids is 1. The molecule has 1 saturated heterocycles. The Bertz CT molecular complexity index is 270. The number of carboxylic acid groups (broad SMARTS) is 1. The highest BCUT2D eigenvalue weighted by Gasteiger charge is 2.38. The molecule has 1 fully saturated rings. The van der Waals surface area contributed by atoms with Gasteiger partial charge in [-0.2, -0.15) is 0 Å². The molecular weight excluding hydrogens is 218 g/mol. The van der Waals surface area contributed by atoms with Crippen LogP contribution in [0.25, 0.3) is 0 Å². The molecule has 1 atom stereocenters. The number of nitrogens with one attached hydrogen (secondary N) is 1. The van der Waals surface area contributed by atoms with E-state index in [1.165, 1.54) is 0 Å². The van der Waals surface area contributed by atoms with E-state index in [9.17, 15) is 4.79 Å². The zero-order valence-corrected chi connectivity index (χ0v) is 11.5. The predicted octanol–water partition coefficient (Wildman–Crippen LogP) is 2.18. The van der Waals surface area contributed by atoms with Gasteiger partial charge in [-0.15, -0.1) is 0 Å². The highest BCUT2D eigenvalue weighted by molar-refractivity contribution is 5.67. The predicted molar refractivity (Wildman–Crippen MR) is 67.1 cm³/mol.